The van der Waals surface area contributed by atoms with E-state index in [0.29, 0.717) is 0 Å². The lowest BCUT2D eigenvalue weighted by Gasteiger charge is -2.31. The maximum absolute atomic E-state index is 12.2. The number of rotatable bonds is 5. The average Bonchev–Trinajstić information content (AvgIpc) is 2.46. The minimum atomic E-state index is -4.95. The molecule has 1 aromatic rings. The number of aliphatic hydroxyl groups is 2. The molecule has 7 nitrogen and oxygen atoms in total. The number of amides is 2. The lowest BCUT2D eigenvalue weighted by Crippen LogP contribution is -2.55. The van der Waals surface area contributed by atoms with Crippen molar-refractivity contribution in [2.24, 2.45) is 0 Å². The van der Waals surface area contributed by atoms with E-state index in [1.807, 2.05) is 0 Å². The number of ether oxygens (including phenoxy) is 1. The average molecular weight is 347 g/mol. The Balaban J connectivity index is 2.89. The molecule has 1 unspecified atom stereocenters. The van der Waals surface area contributed by atoms with Crippen LogP contribution in [-0.2, 0) is 0 Å². The summed E-state index contributed by atoms with van der Waals surface area (Å²) < 4.78 is 40.3. The fourth-order valence-electron chi connectivity index (χ4n) is 1.67. The SMILES string of the molecule is CCC(C)(NC(=O)Nc1ccc(OC(F)(F)F)c(C#N)c1)C(O)O. The van der Waals surface area contributed by atoms with Crippen LogP contribution in [0.5, 0.6) is 5.75 Å². The van der Waals surface area contributed by atoms with E-state index in [0.717, 1.165) is 18.2 Å². The Morgan fingerprint density at radius 2 is 2.04 bits per heavy atom. The molecule has 0 aliphatic rings. The lowest BCUT2D eigenvalue weighted by molar-refractivity contribution is -0.274. The van der Waals surface area contributed by atoms with Gasteiger partial charge in [0, 0.05) is 5.69 Å². The molecule has 132 valence electrons. The van der Waals surface area contributed by atoms with Crippen LogP contribution < -0.4 is 15.4 Å². The molecule has 10 heteroatoms. The molecule has 0 aromatic heterocycles. The molecule has 0 radical (unpaired) electrons. The number of halogens is 3. The number of nitrogens with one attached hydrogen (secondary N) is 2. The minimum absolute atomic E-state index is 0.0319. The fraction of sp³-hybridized carbons (Fsp3) is 0.429. The third kappa shape index (κ3) is 5.29. The minimum Gasteiger partial charge on any atom is -0.404 e. The molecule has 0 bridgehead atoms. The first-order valence-electron chi connectivity index (χ1n) is 6.76. The molecule has 0 spiro atoms. The van der Waals surface area contributed by atoms with Gasteiger partial charge in [-0.3, -0.25) is 0 Å². The van der Waals surface area contributed by atoms with Gasteiger partial charge in [-0.15, -0.1) is 13.2 Å². The number of nitrogens with zero attached hydrogens (tertiary/aromatic N) is 1. The van der Waals surface area contributed by atoms with E-state index in [-0.39, 0.29) is 12.1 Å². The fourth-order valence-corrected chi connectivity index (χ4v) is 1.67. The summed E-state index contributed by atoms with van der Waals surface area (Å²) in [6.45, 7) is 3.02. The molecule has 0 saturated carbocycles. The largest absolute Gasteiger partial charge is 0.573 e. The van der Waals surface area contributed by atoms with Gasteiger partial charge in [0.15, 0.2) is 6.29 Å². The van der Waals surface area contributed by atoms with E-state index in [9.17, 15) is 28.2 Å². The van der Waals surface area contributed by atoms with Crippen LogP contribution in [0.3, 0.4) is 0 Å². The second kappa shape index (κ2) is 7.37. The van der Waals surface area contributed by atoms with Gasteiger partial charge in [-0.05, 0) is 31.5 Å². The molecule has 0 aliphatic carbocycles. The van der Waals surface area contributed by atoms with Crippen molar-refractivity contribution in [3.8, 4) is 11.8 Å². The van der Waals surface area contributed by atoms with Crippen molar-refractivity contribution in [1.29, 1.82) is 5.26 Å². The number of carbonyl (C=O) groups is 1. The van der Waals surface area contributed by atoms with Crippen LogP contribution in [0.25, 0.3) is 0 Å². The highest BCUT2D eigenvalue weighted by Gasteiger charge is 2.33. The number of alkyl halides is 3. The number of hydrogen-bond acceptors (Lipinski definition) is 5. The lowest BCUT2D eigenvalue weighted by atomic mass is 9.98. The predicted octanol–water partition coefficient (Wildman–Crippen LogP) is 2.06. The summed E-state index contributed by atoms with van der Waals surface area (Å²) >= 11 is 0. The number of benzene rings is 1. The van der Waals surface area contributed by atoms with Gasteiger partial charge in [-0.25, -0.2) is 4.79 Å². The molecule has 0 heterocycles. The van der Waals surface area contributed by atoms with Crippen molar-refractivity contribution < 1.29 is 32.9 Å². The third-order valence-electron chi connectivity index (χ3n) is 3.29. The summed E-state index contributed by atoms with van der Waals surface area (Å²) in [6.07, 6.45) is -6.55. The second-order valence-corrected chi connectivity index (χ2v) is 5.09. The van der Waals surface area contributed by atoms with E-state index in [1.54, 1.807) is 6.92 Å². The van der Waals surface area contributed by atoms with Gasteiger partial charge in [-0.2, -0.15) is 5.26 Å². The molecule has 1 aromatic carbocycles. The van der Waals surface area contributed by atoms with E-state index < -0.39 is 35.5 Å². The standard InChI is InChI=1S/C14H16F3N3O4/c1-3-13(2,11(21)22)20-12(23)19-9-4-5-10(8(6-9)7-18)24-14(15,16)17/h4-6,11,21-22H,3H2,1-2H3,(H2,19,20,23). The Kier molecular flexibility index (Phi) is 6.00. The van der Waals surface area contributed by atoms with Gasteiger partial charge in [-0.1, -0.05) is 6.92 Å². The number of hydrogen-bond donors (Lipinski definition) is 4. The van der Waals surface area contributed by atoms with Crippen LogP contribution in [0.4, 0.5) is 23.7 Å². The summed E-state index contributed by atoms with van der Waals surface area (Å²) in [5.74, 6) is -0.694. The molecule has 1 rings (SSSR count). The zero-order valence-electron chi connectivity index (χ0n) is 12.8. The van der Waals surface area contributed by atoms with E-state index >= 15 is 0 Å². The zero-order valence-corrected chi connectivity index (χ0v) is 12.8. The molecule has 4 N–H and O–H groups in total. The Bertz CT molecular complexity index is 643. The highest BCUT2D eigenvalue weighted by Crippen LogP contribution is 2.28. The summed E-state index contributed by atoms with van der Waals surface area (Å²) in [6, 6.07) is 3.72. The van der Waals surface area contributed by atoms with Crippen LogP contribution in [0.2, 0.25) is 0 Å². The Labute approximate surface area is 135 Å². The monoisotopic (exact) mass is 347 g/mol. The van der Waals surface area contributed by atoms with Crippen molar-refractivity contribution in [1.82, 2.24) is 5.32 Å². The van der Waals surface area contributed by atoms with Gasteiger partial charge in [0.2, 0.25) is 0 Å². The van der Waals surface area contributed by atoms with Crippen molar-refractivity contribution in [2.75, 3.05) is 5.32 Å². The number of carbonyl (C=O) groups excluding carboxylic acids is 1. The maximum Gasteiger partial charge on any atom is 0.573 e. The highest BCUT2D eigenvalue weighted by atomic mass is 19.4. The molecule has 0 fully saturated rings. The number of nitriles is 1. The van der Waals surface area contributed by atoms with Gasteiger partial charge < -0.3 is 25.6 Å². The Morgan fingerprint density at radius 1 is 1.42 bits per heavy atom. The Morgan fingerprint density at radius 3 is 2.50 bits per heavy atom. The summed E-state index contributed by atoms with van der Waals surface area (Å²) in [5, 5.41) is 32.0. The molecule has 0 saturated heterocycles. The molecule has 2 amide bonds. The molecule has 0 aliphatic heterocycles. The van der Waals surface area contributed by atoms with Crippen molar-refractivity contribution in [3.05, 3.63) is 23.8 Å². The van der Waals surface area contributed by atoms with Gasteiger partial charge in [0.25, 0.3) is 0 Å². The van der Waals surface area contributed by atoms with E-state index in [4.69, 9.17) is 5.26 Å². The van der Waals surface area contributed by atoms with Crippen LogP contribution in [-0.4, -0.2) is 34.4 Å². The molecular formula is C14H16F3N3O4. The molecule has 24 heavy (non-hydrogen) atoms. The first kappa shape index (κ1) is 19.5. The first-order chi connectivity index (χ1) is 11.0. The maximum atomic E-state index is 12.2. The third-order valence-corrected chi connectivity index (χ3v) is 3.29. The summed E-state index contributed by atoms with van der Waals surface area (Å²) in [7, 11) is 0. The predicted molar refractivity (Wildman–Crippen MR) is 76.9 cm³/mol. The summed E-state index contributed by atoms with van der Waals surface area (Å²) in [4.78, 5) is 11.9. The number of anilines is 1. The van der Waals surface area contributed by atoms with Crippen LogP contribution in [0.15, 0.2) is 18.2 Å². The van der Waals surface area contributed by atoms with Gasteiger partial charge >= 0.3 is 12.4 Å². The van der Waals surface area contributed by atoms with E-state index in [1.165, 1.54) is 13.0 Å². The van der Waals surface area contributed by atoms with E-state index in [2.05, 4.69) is 15.4 Å². The zero-order chi connectivity index (χ0) is 18.5. The van der Waals surface area contributed by atoms with Crippen molar-refractivity contribution >= 4 is 11.7 Å². The van der Waals surface area contributed by atoms with Gasteiger partial charge in [0.05, 0.1) is 11.1 Å². The topological polar surface area (TPSA) is 115 Å². The first-order valence-corrected chi connectivity index (χ1v) is 6.76. The smallest absolute Gasteiger partial charge is 0.404 e. The summed E-state index contributed by atoms with van der Waals surface area (Å²) in [5.41, 5.74) is -1.71. The normalized spacial score (nSPS) is 13.8. The van der Waals surface area contributed by atoms with Crippen LogP contribution in [0.1, 0.15) is 25.8 Å². The second-order valence-electron chi connectivity index (χ2n) is 5.09. The van der Waals surface area contributed by atoms with Gasteiger partial charge in [0.1, 0.15) is 11.8 Å². The van der Waals surface area contributed by atoms with Crippen LogP contribution >= 0.6 is 0 Å². The number of urea groups is 1. The Hall–Kier alpha value is -2.51. The van der Waals surface area contributed by atoms with Crippen molar-refractivity contribution in [3.63, 3.8) is 0 Å². The molecular weight excluding hydrogens is 331 g/mol. The highest BCUT2D eigenvalue weighted by molar-refractivity contribution is 5.90. The number of aliphatic hydroxyl groups excluding tert-OH is 1. The van der Waals surface area contributed by atoms with Crippen LogP contribution in [0, 0.1) is 11.3 Å². The quantitative estimate of drug-likeness (QED) is 0.609. The van der Waals surface area contributed by atoms with Crippen molar-refractivity contribution in [2.45, 2.75) is 38.5 Å². The molecule has 1 atom stereocenters.